The molecule has 0 saturated heterocycles. The molecule has 132 valence electrons. The number of carbonyl (C=O) groups is 1. The summed E-state index contributed by atoms with van der Waals surface area (Å²) in [6, 6.07) is 9.20. The van der Waals surface area contributed by atoms with Gasteiger partial charge in [-0.05, 0) is 30.3 Å². The van der Waals surface area contributed by atoms with Crippen molar-refractivity contribution in [3.8, 4) is 0 Å². The number of benzene rings is 1. The van der Waals surface area contributed by atoms with E-state index in [-0.39, 0.29) is 11.7 Å². The van der Waals surface area contributed by atoms with Gasteiger partial charge in [-0.1, -0.05) is 23.4 Å². The Kier molecular flexibility index (Phi) is 6.01. The van der Waals surface area contributed by atoms with Gasteiger partial charge >= 0.3 is 0 Å². The molecule has 0 aliphatic carbocycles. The highest BCUT2D eigenvalue weighted by molar-refractivity contribution is 7.99. The van der Waals surface area contributed by atoms with Gasteiger partial charge in [0.1, 0.15) is 5.76 Å². The van der Waals surface area contributed by atoms with Crippen LogP contribution in [-0.2, 0) is 22.6 Å². The van der Waals surface area contributed by atoms with Crippen LogP contribution in [0.25, 0.3) is 11.0 Å². The predicted octanol–water partition coefficient (Wildman–Crippen LogP) is 3.34. The summed E-state index contributed by atoms with van der Waals surface area (Å²) < 4.78 is 12.4. The van der Waals surface area contributed by atoms with Crippen molar-refractivity contribution in [1.82, 2.24) is 14.9 Å². The Balaban J connectivity index is 1.67. The van der Waals surface area contributed by atoms with E-state index >= 15 is 0 Å². The van der Waals surface area contributed by atoms with E-state index in [2.05, 4.69) is 10.3 Å². The van der Waals surface area contributed by atoms with E-state index in [0.717, 1.165) is 22.0 Å². The molecule has 3 aromatic rings. The van der Waals surface area contributed by atoms with Gasteiger partial charge in [0.15, 0.2) is 5.16 Å². The zero-order chi connectivity index (χ0) is 17.6. The Bertz CT molecular complexity index is 848. The molecule has 2 heterocycles. The number of nitrogens with zero attached hydrogens (tertiary/aromatic N) is 2. The van der Waals surface area contributed by atoms with Gasteiger partial charge in [-0.3, -0.25) is 4.79 Å². The van der Waals surface area contributed by atoms with Crippen LogP contribution in [0.4, 0.5) is 0 Å². The van der Waals surface area contributed by atoms with Crippen molar-refractivity contribution in [2.45, 2.75) is 18.2 Å². The average molecular weight is 380 g/mol. The van der Waals surface area contributed by atoms with Gasteiger partial charge in [-0.25, -0.2) is 4.98 Å². The molecule has 3 rings (SSSR count). The lowest BCUT2D eigenvalue weighted by Crippen LogP contribution is -2.24. The van der Waals surface area contributed by atoms with Crippen molar-refractivity contribution in [1.29, 1.82) is 0 Å². The van der Waals surface area contributed by atoms with E-state index in [1.54, 1.807) is 19.4 Å². The van der Waals surface area contributed by atoms with Crippen molar-refractivity contribution in [3.63, 3.8) is 0 Å². The lowest BCUT2D eigenvalue weighted by Gasteiger charge is -2.08. The summed E-state index contributed by atoms with van der Waals surface area (Å²) in [7, 11) is 1.66. The molecule has 25 heavy (non-hydrogen) atoms. The number of nitrogens with one attached hydrogen (secondary N) is 1. The number of hydrogen-bond donors (Lipinski definition) is 1. The predicted molar refractivity (Wildman–Crippen MR) is 97.9 cm³/mol. The third-order valence-electron chi connectivity index (χ3n) is 3.57. The van der Waals surface area contributed by atoms with Crippen molar-refractivity contribution in [2.24, 2.45) is 0 Å². The van der Waals surface area contributed by atoms with E-state index in [1.807, 2.05) is 28.8 Å². The van der Waals surface area contributed by atoms with Crippen LogP contribution in [0.2, 0.25) is 5.02 Å². The molecular formula is C17H18ClN3O3S. The Hall–Kier alpha value is -1.96. The zero-order valence-electron chi connectivity index (χ0n) is 13.7. The first-order chi connectivity index (χ1) is 12.2. The number of aromatic nitrogens is 2. The minimum Gasteiger partial charge on any atom is -0.467 e. The molecule has 1 N–H and O–H groups in total. The Labute approximate surface area is 154 Å². The van der Waals surface area contributed by atoms with Gasteiger partial charge in [-0.15, -0.1) is 0 Å². The second-order valence-corrected chi connectivity index (χ2v) is 6.70. The average Bonchev–Trinajstić information content (AvgIpc) is 3.23. The molecule has 6 nitrogen and oxygen atoms in total. The summed E-state index contributed by atoms with van der Waals surface area (Å²) >= 11 is 7.43. The Morgan fingerprint density at radius 1 is 1.44 bits per heavy atom. The molecule has 0 aliphatic heterocycles. The molecule has 0 atom stereocenters. The highest BCUT2D eigenvalue weighted by Gasteiger charge is 2.13. The van der Waals surface area contributed by atoms with Crippen LogP contribution in [0, 0.1) is 0 Å². The lowest BCUT2D eigenvalue weighted by molar-refractivity contribution is -0.118. The molecule has 2 aromatic heterocycles. The fourth-order valence-corrected chi connectivity index (χ4v) is 3.41. The van der Waals surface area contributed by atoms with Crippen molar-refractivity contribution >= 4 is 40.3 Å². The van der Waals surface area contributed by atoms with Gasteiger partial charge in [-0.2, -0.15) is 0 Å². The summed E-state index contributed by atoms with van der Waals surface area (Å²) in [5.74, 6) is 0.912. The third-order valence-corrected chi connectivity index (χ3v) is 4.78. The van der Waals surface area contributed by atoms with Gasteiger partial charge in [0.2, 0.25) is 5.91 Å². The molecule has 1 aromatic carbocycles. The molecular weight excluding hydrogens is 362 g/mol. The van der Waals surface area contributed by atoms with Gasteiger partial charge < -0.3 is 19.0 Å². The number of carbonyl (C=O) groups excluding carboxylic acids is 1. The summed E-state index contributed by atoms with van der Waals surface area (Å²) in [5, 5.41) is 4.23. The molecule has 1 amide bonds. The van der Waals surface area contributed by atoms with E-state index in [4.69, 9.17) is 20.8 Å². The fourth-order valence-electron chi connectivity index (χ4n) is 2.37. The molecule has 8 heteroatoms. The van der Waals surface area contributed by atoms with Gasteiger partial charge in [0.25, 0.3) is 0 Å². The quantitative estimate of drug-likeness (QED) is 0.608. The van der Waals surface area contributed by atoms with Crippen LogP contribution in [0.15, 0.2) is 46.2 Å². The minimum absolute atomic E-state index is 0.0789. The second-order valence-electron chi connectivity index (χ2n) is 5.32. The van der Waals surface area contributed by atoms with E-state index < -0.39 is 0 Å². The second kappa shape index (κ2) is 8.42. The van der Waals surface area contributed by atoms with E-state index in [9.17, 15) is 4.79 Å². The number of amides is 1. The van der Waals surface area contributed by atoms with Gasteiger partial charge in [0.05, 0.1) is 36.2 Å². The van der Waals surface area contributed by atoms with Crippen LogP contribution in [0.1, 0.15) is 5.76 Å². The highest BCUT2D eigenvalue weighted by atomic mass is 35.5. The van der Waals surface area contributed by atoms with E-state index in [0.29, 0.717) is 24.7 Å². The maximum absolute atomic E-state index is 12.0. The lowest BCUT2D eigenvalue weighted by atomic mass is 10.3. The van der Waals surface area contributed by atoms with Gasteiger partial charge in [0, 0.05) is 18.7 Å². The first kappa shape index (κ1) is 17.8. The minimum atomic E-state index is -0.0789. The van der Waals surface area contributed by atoms with Crippen LogP contribution in [-0.4, -0.2) is 34.9 Å². The topological polar surface area (TPSA) is 69.3 Å². The van der Waals surface area contributed by atoms with Crippen molar-refractivity contribution < 1.29 is 13.9 Å². The fraction of sp³-hybridized carbons (Fsp3) is 0.294. The van der Waals surface area contributed by atoms with E-state index in [1.165, 1.54) is 11.8 Å². The number of methoxy groups -OCH3 is 1. The summed E-state index contributed by atoms with van der Waals surface area (Å²) in [4.78, 5) is 16.6. The summed E-state index contributed by atoms with van der Waals surface area (Å²) in [6.07, 6.45) is 1.58. The van der Waals surface area contributed by atoms with Crippen molar-refractivity contribution in [3.05, 3.63) is 47.4 Å². The molecule has 0 spiro atoms. The smallest absolute Gasteiger partial charge is 0.230 e. The SMILES string of the molecule is COCCn1c(SCC(=O)NCc2ccco2)nc2cc(Cl)ccc21. The first-order valence-electron chi connectivity index (χ1n) is 7.74. The number of thioether (sulfide) groups is 1. The van der Waals surface area contributed by atoms with Crippen LogP contribution < -0.4 is 5.32 Å². The molecule has 0 radical (unpaired) electrons. The number of rotatable bonds is 8. The highest BCUT2D eigenvalue weighted by Crippen LogP contribution is 2.26. The van der Waals surface area contributed by atoms with Crippen molar-refractivity contribution in [2.75, 3.05) is 19.5 Å². The number of imidazole rings is 1. The third kappa shape index (κ3) is 4.56. The number of furan rings is 1. The molecule has 0 saturated carbocycles. The molecule has 0 unspecified atom stereocenters. The molecule has 0 aliphatic rings. The van der Waals surface area contributed by atoms with Crippen LogP contribution >= 0.6 is 23.4 Å². The largest absolute Gasteiger partial charge is 0.467 e. The summed E-state index contributed by atoms with van der Waals surface area (Å²) in [5.41, 5.74) is 1.78. The standard InChI is InChI=1S/C17H18ClN3O3S/c1-23-8-6-21-15-5-4-12(18)9-14(15)20-17(21)25-11-16(22)19-10-13-3-2-7-24-13/h2-5,7,9H,6,8,10-11H2,1H3,(H,19,22). The van der Waals surface area contributed by atoms with Crippen LogP contribution in [0.3, 0.4) is 0 Å². The summed E-state index contributed by atoms with van der Waals surface area (Å²) in [6.45, 7) is 1.60. The molecule has 0 bridgehead atoms. The number of hydrogen-bond acceptors (Lipinski definition) is 5. The molecule has 0 fully saturated rings. The normalized spacial score (nSPS) is 11.1. The first-order valence-corrected chi connectivity index (χ1v) is 9.10. The monoisotopic (exact) mass is 379 g/mol. The Morgan fingerprint density at radius 3 is 3.08 bits per heavy atom. The zero-order valence-corrected chi connectivity index (χ0v) is 15.3. The number of ether oxygens (including phenoxy) is 1. The van der Waals surface area contributed by atoms with Crippen LogP contribution in [0.5, 0.6) is 0 Å². The Morgan fingerprint density at radius 2 is 2.32 bits per heavy atom. The maximum atomic E-state index is 12.0. The number of halogens is 1. The maximum Gasteiger partial charge on any atom is 0.230 e. The number of fused-ring (bicyclic) bond motifs is 1.